The average Bonchev–Trinajstić information content (AvgIpc) is 2.50. The minimum Gasteiger partial charge on any atom is -0.462 e. The highest BCUT2D eigenvalue weighted by atomic mass is 32.2. The Morgan fingerprint density at radius 3 is 2.43 bits per heavy atom. The van der Waals surface area contributed by atoms with Gasteiger partial charge in [0.25, 0.3) is 0 Å². The molecule has 0 saturated heterocycles. The molecule has 0 fully saturated rings. The van der Waals surface area contributed by atoms with E-state index in [4.69, 9.17) is 15.2 Å². The highest BCUT2D eigenvalue weighted by Crippen LogP contribution is 2.27. The lowest BCUT2D eigenvalue weighted by molar-refractivity contribution is 0.0527. The largest absolute Gasteiger partial charge is 0.462 e. The summed E-state index contributed by atoms with van der Waals surface area (Å²) in [6.45, 7) is 2.06. The number of hydrogen-bond acceptors (Lipinski definition) is 5. The molecule has 21 heavy (non-hydrogen) atoms. The monoisotopic (exact) mass is 303 g/mol. The summed E-state index contributed by atoms with van der Waals surface area (Å²) in [5, 5.41) is 0. The molecule has 2 aromatic carbocycles. The number of nitrogen functional groups attached to an aromatic ring is 1. The van der Waals surface area contributed by atoms with Crippen molar-refractivity contribution < 1.29 is 14.3 Å². The molecule has 0 bridgehead atoms. The molecule has 0 amide bonds. The lowest BCUT2D eigenvalue weighted by atomic mass is 10.1. The highest BCUT2D eigenvalue weighted by molar-refractivity contribution is 7.98. The quantitative estimate of drug-likeness (QED) is 0.514. The van der Waals surface area contributed by atoms with Crippen LogP contribution in [0.15, 0.2) is 47.4 Å². The molecule has 0 aromatic heterocycles. The molecule has 0 aliphatic heterocycles. The molecule has 0 heterocycles. The van der Waals surface area contributed by atoms with E-state index < -0.39 is 5.97 Å². The van der Waals surface area contributed by atoms with E-state index >= 15 is 0 Å². The Kier molecular flexibility index (Phi) is 5.11. The Morgan fingerprint density at radius 2 is 1.81 bits per heavy atom. The fourth-order valence-corrected chi connectivity index (χ4v) is 2.17. The topological polar surface area (TPSA) is 61.5 Å². The summed E-state index contributed by atoms with van der Waals surface area (Å²) in [7, 11) is 0. The van der Waals surface area contributed by atoms with Gasteiger partial charge in [-0.3, -0.25) is 0 Å². The van der Waals surface area contributed by atoms with E-state index in [0.717, 1.165) is 4.90 Å². The van der Waals surface area contributed by atoms with E-state index in [1.807, 2.05) is 30.5 Å². The summed E-state index contributed by atoms with van der Waals surface area (Å²) in [5.74, 6) is 0.801. The fourth-order valence-electron chi connectivity index (χ4n) is 1.76. The zero-order valence-electron chi connectivity index (χ0n) is 12.0. The van der Waals surface area contributed by atoms with Crippen molar-refractivity contribution in [3.05, 3.63) is 48.0 Å². The van der Waals surface area contributed by atoms with E-state index in [2.05, 4.69) is 0 Å². The third-order valence-corrected chi connectivity index (χ3v) is 3.56. The number of carbonyl (C=O) groups excluding carboxylic acids is 1. The maximum Gasteiger partial charge on any atom is 0.340 e. The zero-order chi connectivity index (χ0) is 15.2. The number of thioether (sulfide) groups is 1. The maximum absolute atomic E-state index is 11.8. The van der Waals surface area contributed by atoms with Gasteiger partial charge in [0.1, 0.15) is 11.5 Å². The Hall–Kier alpha value is -2.14. The summed E-state index contributed by atoms with van der Waals surface area (Å²) in [4.78, 5) is 13.0. The van der Waals surface area contributed by atoms with Crippen molar-refractivity contribution in [3.63, 3.8) is 0 Å². The first-order chi connectivity index (χ1) is 10.1. The summed E-state index contributed by atoms with van der Waals surface area (Å²) in [6.07, 6.45) is 2.02. The van der Waals surface area contributed by atoms with E-state index in [1.165, 1.54) is 0 Å². The molecule has 0 unspecified atom stereocenters. The Labute approximate surface area is 128 Å². The number of carbonyl (C=O) groups is 1. The summed E-state index contributed by atoms with van der Waals surface area (Å²) >= 11 is 1.66. The number of esters is 1. The maximum atomic E-state index is 11.8. The van der Waals surface area contributed by atoms with Crippen LogP contribution in [0.1, 0.15) is 17.3 Å². The van der Waals surface area contributed by atoms with Crippen molar-refractivity contribution in [1.82, 2.24) is 0 Å². The van der Waals surface area contributed by atoms with Crippen LogP contribution >= 0.6 is 11.8 Å². The Morgan fingerprint density at radius 1 is 1.14 bits per heavy atom. The van der Waals surface area contributed by atoms with Crippen LogP contribution in [0.5, 0.6) is 11.5 Å². The van der Waals surface area contributed by atoms with Crippen LogP contribution < -0.4 is 10.5 Å². The molecule has 2 rings (SSSR count). The van der Waals surface area contributed by atoms with Gasteiger partial charge >= 0.3 is 5.97 Å². The van der Waals surface area contributed by atoms with Gasteiger partial charge in [-0.25, -0.2) is 4.79 Å². The van der Waals surface area contributed by atoms with E-state index in [0.29, 0.717) is 29.4 Å². The molecule has 0 saturated carbocycles. The molecule has 110 valence electrons. The van der Waals surface area contributed by atoms with Crippen molar-refractivity contribution in [2.24, 2.45) is 0 Å². The summed E-state index contributed by atoms with van der Waals surface area (Å²) < 4.78 is 10.7. The number of benzene rings is 2. The lowest BCUT2D eigenvalue weighted by Crippen LogP contribution is -2.08. The number of ether oxygens (including phenoxy) is 2. The van der Waals surface area contributed by atoms with Crippen LogP contribution in [-0.4, -0.2) is 18.8 Å². The second-order valence-electron chi connectivity index (χ2n) is 4.25. The van der Waals surface area contributed by atoms with E-state index in [9.17, 15) is 4.79 Å². The van der Waals surface area contributed by atoms with Gasteiger partial charge in [-0.1, -0.05) is 0 Å². The van der Waals surface area contributed by atoms with Gasteiger partial charge in [-0.15, -0.1) is 11.8 Å². The molecule has 0 aliphatic carbocycles. The van der Waals surface area contributed by atoms with Gasteiger partial charge in [-0.2, -0.15) is 0 Å². The summed E-state index contributed by atoms with van der Waals surface area (Å²) in [5.41, 5.74) is 6.48. The van der Waals surface area contributed by atoms with E-state index in [1.54, 1.807) is 36.9 Å². The van der Waals surface area contributed by atoms with Crippen molar-refractivity contribution in [2.45, 2.75) is 11.8 Å². The second kappa shape index (κ2) is 7.04. The molecule has 2 N–H and O–H groups in total. The van der Waals surface area contributed by atoms with Crippen molar-refractivity contribution in [1.29, 1.82) is 0 Å². The second-order valence-corrected chi connectivity index (χ2v) is 5.13. The summed E-state index contributed by atoms with van der Waals surface area (Å²) in [6, 6.07) is 12.7. The molecule has 0 atom stereocenters. The third kappa shape index (κ3) is 3.92. The van der Waals surface area contributed by atoms with Crippen LogP contribution in [0, 0.1) is 0 Å². The molecular formula is C16H17NO3S. The van der Waals surface area contributed by atoms with Crippen LogP contribution in [0.25, 0.3) is 0 Å². The number of rotatable bonds is 5. The van der Waals surface area contributed by atoms with Gasteiger partial charge in [0.2, 0.25) is 0 Å². The predicted octanol–water partition coefficient (Wildman–Crippen LogP) is 3.96. The van der Waals surface area contributed by atoms with Crippen LogP contribution in [0.4, 0.5) is 5.69 Å². The lowest BCUT2D eigenvalue weighted by Gasteiger charge is -2.10. The predicted molar refractivity (Wildman–Crippen MR) is 85.1 cm³/mol. The van der Waals surface area contributed by atoms with Crippen LogP contribution in [-0.2, 0) is 4.74 Å². The molecule has 5 heteroatoms. The highest BCUT2D eigenvalue weighted by Gasteiger charge is 2.12. The average molecular weight is 303 g/mol. The molecule has 4 nitrogen and oxygen atoms in total. The molecule has 0 radical (unpaired) electrons. The van der Waals surface area contributed by atoms with Gasteiger partial charge in [0.05, 0.1) is 12.2 Å². The Balaban J connectivity index is 2.20. The van der Waals surface area contributed by atoms with Gasteiger partial charge in [-0.05, 0) is 55.6 Å². The minimum atomic E-state index is -0.446. The van der Waals surface area contributed by atoms with Crippen molar-refractivity contribution in [3.8, 4) is 11.5 Å². The first kappa shape index (κ1) is 15.3. The SMILES string of the molecule is CCOC(=O)c1cc(Oc2ccc(SC)cc2)ccc1N. The molecule has 0 spiro atoms. The number of nitrogens with two attached hydrogens (primary N) is 1. The first-order valence-corrected chi connectivity index (χ1v) is 7.75. The van der Waals surface area contributed by atoms with Gasteiger partial charge in [0.15, 0.2) is 0 Å². The normalized spacial score (nSPS) is 10.2. The molecule has 0 aliphatic rings. The van der Waals surface area contributed by atoms with Crippen LogP contribution in [0.2, 0.25) is 0 Å². The van der Waals surface area contributed by atoms with Crippen LogP contribution in [0.3, 0.4) is 0 Å². The third-order valence-electron chi connectivity index (χ3n) is 2.82. The fraction of sp³-hybridized carbons (Fsp3) is 0.188. The molecule has 2 aromatic rings. The number of anilines is 1. The smallest absolute Gasteiger partial charge is 0.340 e. The van der Waals surface area contributed by atoms with Crippen molar-refractivity contribution >= 4 is 23.4 Å². The number of hydrogen-bond donors (Lipinski definition) is 1. The molecular weight excluding hydrogens is 286 g/mol. The van der Waals surface area contributed by atoms with Gasteiger partial charge in [0, 0.05) is 10.6 Å². The first-order valence-electron chi connectivity index (χ1n) is 6.52. The Bertz CT molecular complexity index is 626. The van der Waals surface area contributed by atoms with Gasteiger partial charge < -0.3 is 15.2 Å². The zero-order valence-corrected chi connectivity index (χ0v) is 12.8. The minimum absolute atomic E-state index is 0.305. The standard InChI is InChI=1S/C16H17NO3S/c1-3-19-16(18)14-10-12(6-9-15(14)17)20-11-4-7-13(21-2)8-5-11/h4-10H,3,17H2,1-2H3. The van der Waals surface area contributed by atoms with E-state index in [-0.39, 0.29) is 0 Å². The van der Waals surface area contributed by atoms with Crippen molar-refractivity contribution in [2.75, 3.05) is 18.6 Å².